The molecule has 0 aliphatic rings. The van der Waals surface area contributed by atoms with Gasteiger partial charge in [0.25, 0.3) is 0 Å². The van der Waals surface area contributed by atoms with Crippen LogP contribution in [0, 0.1) is 0 Å². The summed E-state index contributed by atoms with van der Waals surface area (Å²) < 4.78 is 11.1. The highest BCUT2D eigenvalue weighted by atomic mass is 16.5. The maximum Gasteiger partial charge on any atom is 0.161 e. The van der Waals surface area contributed by atoms with E-state index in [4.69, 9.17) is 15.2 Å². The van der Waals surface area contributed by atoms with Crippen LogP contribution in [0.2, 0.25) is 0 Å². The molecular weight excluding hydrogens is 254 g/mol. The van der Waals surface area contributed by atoms with Crippen LogP contribution in [0.4, 0.5) is 0 Å². The molecule has 0 aromatic heterocycles. The van der Waals surface area contributed by atoms with E-state index in [1.165, 1.54) is 0 Å². The van der Waals surface area contributed by atoms with Crippen molar-refractivity contribution in [2.24, 2.45) is 5.73 Å². The Hall–Kier alpha value is -2.20. The Labute approximate surface area is 118 Å². The zero-order valence-corrected chi connectivity index (χ0v) is 11.5. The fourth-order valence-corrected chi connectivity index (χ4v) is 1.96. The lowest BCUT2D eigenvalue weighted by molar-refractivity contribution is 0.283. The van der Waals surface area contributed by atoms with Crippen molar-refractivity contribution >= 4 is 0 Å². The zero-order chi connectivity index (χ0) is 14.4. The van der Waals surface area contributed by atoms with Crippen molar-refractivity contribution in [3.63, 3.8) is 0 Å². The summed E-state index contributed by atoms with van der Waals surface area (Å²) in [6.45, 7) is 0.967. The van der Waals surface area contributed by atoms with Crippen LogP contribution < -0.4 is 15.2 Å². The Morgan fingerprint density at radius 2 is 1.90 bits per heavy atom. The number of nitrogens with two attached hydrogens (primary N) is 1. The molecule has 0 bridgehead atoms. The number of rotatable bonds is 6. The van der Waals surface area contributed by atoms with Crippen LogP contribution in [-0.2, 0) is 13.0 Å². The van der Waals surface area contributed by atoms with Crippen molar-refractivity contribution in [3.05, 3.63) is 53.6 Å². The first-order valence-electron chi connectivity index (χ1n) is 6.50. The highest BCUT2D eigenvalue weighted by Gasteiger charge is 2.06. The molecule has 2 aromatic carbocycles. The molecule has 0 saturated heterocycles. The summed E-state index contributed by atoms with van der Waals surface area (Å²) in [7, 11) is 1.61. The summed E-state index contributed by atoms with van der Waals surface area (Å²) in [6, 6.07) is 12.8. The van der Waals surface area contributed by atoms with E-state index < -0.39 is 0 Å². The van der Waals surface area contributed by atoms with Gasteiger partial charge in [0.1, 0.15) is 12.4 Å². The maximum atomic E-state index is 9.43. The summed E-state index contributed by atoms with van der Waals surface area (Å²) >= 11 is 0. The van der Waals surface area contributed by atoms with Gasteiger partial charge in [-0.25, -0.2) is 0 Å². The average Bonchev–Trinajstić information content (AvgIpc) is 2.46. The summed E-state index contributed by atoms with van der Waals surface area (Å²) in [4.78, 5) is 0. The van der Waals surface area contributed by atoms with Gasteiger partial charge in [-0.05, 0) is 48.4 Å². The minimum absolute atomic E-state index is 0.231. The average molecular weight is 273 g/mol. The van der Waals surface area contributed by atoms with Crippen LogP contribution in [0.1, 0.15) is 11.1 Å². The molecular formula is C16H19NO3. The van der Waals surface area contributed by atoms with Crippen LogP contribution in [0.25, 0.3) is 0 Å². The van der Waals surface area contributed by atoms with Crippen LogP contribution in [-0.4, -0.2) is 18.8 Å². The fourth-order valence-electron chi connectivity index (χ4n) is 1.96. The first kappa shape index (κ1) is 14.2. The number of benzene rings is 2. The molecule has 2 aromatic rings. The predicted molar refractivity (Wildman–Crippen MR) is 78.2 cm³/mol. The second-order valence-corrected chi connectivity index (χ2v) is 4.48. The molecule has 0 amide bonds. The van der Waals surface area contributed by atoms with Crippen molar-refractivity contribution in [2.75, 3.05) is 13.7 Å². The summed E-state index contributed by atoms with van der Waals surface area (Å²) in [6.07, 6.45) is 0.798. The van der Waals surface area contributed by atoms with Gasteiger partial charge in [0, 0.05) is 0 Å². The van der Waals surface area contributed by atoms with Crippen LogP contribution in [0.3, 0.4) is 0 Å². The van der Waals surface area contributed by atoms with Crippen molar-refractivity contribution in [3.8, 4) is 17.2 Å². The maximum absolute atomic E-state index is 9.43. The quantitative estimate of drug-likeness (QED) is 0.848. The van der Waals surface area contributed by atoms with Gasteiger partial charge in [-0.1, -0.05) is 18.2 Å². The third-order valence-electron chi connectivity index (χ3n) is 2.97. The molecule has 20 heavy (non-hydrogen) atoms. The lowest BCUT2D eigenvalue weighted by Gasteiger charge is -2.12. The van der Waals surface area contributed by atoms with E-state index in [2.05, 4.69) is 0 Å². The second kappa shape index (κ2) is 6.82. The predicted octanol–water partition coefficient (Wildman–Crippen LogP) is 2.48. The number of phenols is 1. The Bertz CT molecular complexity index is 569. The Morgan fingerprint density at radius 1 is 1.05 bits per heavy atom. The van der Waals surface area contributed by atoms with E-state index >= 15 is 0 Å². The molecule has 4 heteroatoms. The minimum Gasteiger partial charge on any atom is -0.508 e. The van der Waals surface area contributed by atoms with E-state index in [-0.39, 0.29) is 5.75 Å². The third kappa shape index (κ3) is 3.65. The van der Waals surface area contributed by atoms with Crippen molar-refractivity contribution < 1.29 is 14.6 Å². The van der Waals surface area contributed by atoms with Gasteiger partial charge in [-0.2, -0.15) is 0 Å². The number of hydrogen-bond donors (Lipinski definition) is 2. The summed E-state index contributed by atoms with van der Waals surface area (Å²) in [5.41, 5.74) is 7.57. The third-order valence-corrected chi connectivity index (χ3v) is 2.97. The van der Waals surface area contributed by atoms with Crippen molar-refractivity contribution in [2.45, 2.75) is 13.0 Å². The Kier molecular flexibility index (Phi) is 4.85. The van der Waals surface area contributed by atoms with Gasteiger partial charge in [-0.3, -0.25) is 0 Å². The first-order chi connectivity index (χ1) is 9.72. The molecule has 0 aliphatic heterocycles. The molecule has 0 radical (unpaired) electrons. The SMILES string of the molecule is COc1ccc(CCN)cc1OCc1cccc(O)c1. The summed E-state index contributed by atoms with van der Waals surface area (Å²) in [5, 5.41) is 9.43. The number of aromatic hydroxyl groups is 1. The Morgan fingerprint density at radius 3 is 2.60 bits per heavy atom. The highest BCUT2D eigenvalue weighted by Crippen LogP contribution is 2.29. The van der Waals surface area contributed by atoms with Gasteiger partial charge >= 0.3 is 0 Å². The molecule has 0 fully saturated rings. The van der Waals surface area contributed by atoms with Gasteiger partial charge in [-0.15, -0.1) is 0 Å². The summed E-state index contributed by atoms with van der Waals surface area (Å²) in [5.74, 6) is 1.60. The van der Waals surface area contributed by atoms with E-state index in [1.54, 1.807) is 25.3 Å². The molecule has 0 saturated carbocycles. The molecule has 0 atom stereocenters. The molecule has 0 spiro atoms. The molecule has 106 valence electrons. The number of phenolic OH excluding ortho intramolecular Hbond substituents is 1. The monoisotopic (exact) mass is 273 g/mol. The molecule has 2 rings (SSSR count). The van der Waals surface area contributed by atoms with Gasteiger partial charge < -0.3 is 20.3 Å². The van der Waals surface area contributed by atoms with E-state index in [0.717, 1.165) is 17.5 Å². The lowest BCUT2D eigenvalue weighted by Crippen LogP contribution is -2.04. The van der Waals surface area contributed by atoms with Crippen molar-refractivity contribution in [1.82, 2.24) is 0 Å². The van der Waals surface area contributed by atoms with Crippen LogP contribution in [0.5, 0.6) is 17.2 Å². The van der Waals surface area contributed by atoms with Crippen LogP contribution >= 0.6 is 0 Å². The van der Waals surface area contributed by atoms with Gasteiger partial charge in [0.2, 0.25) is 0 Å². The molecule has 4 nitrogen and oxygen atoms in total. The molecule has 0 aliphatic carbocycles. The topological polar surface area (TPSA) is 64.7 Å². The highest BCUT2D eigenvalue weighted by molar-refractivity contribution is 5.43. The van der Waals surface area contributed by atoms with Gasteiger partial charge in [0.15, 0.2) is 11.5 Å². The fraction of sp³-hybridized carbons (Fsp3) is 0.250. The number of ether oxygens (including phenoxy) is 2. The smallest absolute Gasteiger partial charge is 0.161 e. The largest absolute Gasteiger partial charge is 0.508 e. The second-order valence-electron chi connectivity index (χ2n) is 4.48. The molecule has 0 heterocycles. The number of methoxy groups -OCH3 is 1. The molecule has 3 N–H and O–H groups in total. The zero-order valence-electron chi connectivity index (χ0n) is 11.5. The normalized spacial score (nSPS) is 10.3. The first-order valence-corrected chi connectivity index (χ1v) is 6.50. The van der Waals surface area contributed by atoms with Gasteiger partial charge in [0.05, 0.1) is 7.11 Å². The Balaban J connectivity index is 2.12. The molecule has 0 unspecified atom stereocenters. The van der Waals surface area contributed by atoms with E-state index in [9.17, 15) is 5.11 Å². The minimum atomic E-state index is 0.231. The van der Waals surface area contributed by atoms with E-state index in [0.29, 0.717) is 24.7 Å². The number of hydrogen-bond acceptors (Lipinski definition) is 4. The van der Waals surface area contributed by atoms with Crippen LogP contribution in [0.15, 0.2) is 42.5 Å². The lowest BCUT2D eigenvalue weighted by atomic mass is 10.1. The standard InChI is InChI=1S/C16H19NO3/c1-19-15-6-5-12(7-8-17)10-16(15)20-11-13-3-2-4-14(18)9-13/h2-6,9-10,18H,7-8,11,17H2,1H3. The van der Waals surface area contributed by atoms with E-state index in [1.807, 2.05) is 24.3 Å². The van der Waals surface area contributed by atoms with Crippen molar-refractivity contribution in [1.29, 1.82) is 0 Å².